The number of aliphatic carboxylic acids is 1. The highest BCUT2D eigenvalue weighted by molar-refractivity contribution is 6.29. The van der Waals surface area contributed by atoms with E-state index in [1.165, 1.54) is 17.8 Å². The Balaban J connectivity index is 2.88. The molecule has 1 atom stereocenters. The molecule has 0 bridgehead atoms. The molecule has 1 rings (SSSR count). The molecule has 18 heavy (non-hydrogen) atoms. The van der Waals surface area contributed by atoms with Crippen molar-refractivity contribution >= 4 is 17.6 Å². The number of imidazole rings is 1. The number of nitrogens with one attached hydrogen (secondary N) is 1. The molecule has 1 unspecified atom stereocenters. The summed E-state index contributed by atoms with van der Waals surface area (Å²) in [7, 11) is 1.51. The Hall–Kier alpha value is -1.28. The normalized spacial score (nSPS) is 15.4. The second-order valence-electron chi connectivity index (χ2n) is 3.84. The van der Waals surface area contributed by atoms with Crippen molar-refractivity contribution in [3.05, 3.63) is 17.2 Å². The van der Waals surface area contributed by atoms with Gasteiger partial charge in [0.25, 0.3) is 0 Å². The molecule has 0 aliphatic carbocycles. The van der Waals surface area contributed by atoms with E-state index in [-0.39, 0.29) is 17.5 Å². The van der Waals surface area contributed by atoms with Crippen molar-refractivity contribution in [3.8, 4) is 0 Å². The van der Waals surface area contributed by atoms with E-state index < -0.39 is 17.7 Å². The van der Waals surface area contributed by atoms with Gasteiger partial charge < -0.3 is 9.67 Å². The number of rotatable bonds is 4. The molecule has 0 aromatic carbocycles. The van der Waals surface area contributed by atoms with Crippen molar-refractivity contribution in [2.75, 3.05) is 0 Å². The summed E-state index contributed by atoms with van der Waals surface area (Å²) in [5.41, 5.74) is -3.04. The fourth-order valence-corrected chi connectivity index (χ4v) is 1.29. The third kappa shape index (κ3) is 2.59. The maximum absolute atomic E-state index is 12.7. The highest BCUT2D eigenvalue weighted by Crippen LogP contribution is 2.30. The molecule has 1 heterocycles. The molecule has 0 saturated heterocycles. The number of nitrogens with zero attached hydrogens (tertiary/aromatic N) is 2. The third-order valence-corrected chi connectivity index (χ3v) is 2.97. The lowest BCUT2D eigenvalue weighted by atomic mass is 10.0. The molecule has 0 saturated carbocycles. The molecule has 9 heteroatoms. The standard InChI is InChI=1S/C9H11ClF3N3O2/c1-8(7(17)18,9(11,12)13)15-4-6-14-3-5(10)16(6)2/h3,15H,4H2,1-2H3,(H,17,18). The Morgan fingerprint density at radius 1 is 1.61 bits per heavy atom. The van der Waals surface area contributed by atoms with Crippen molar-refractivity contribution in [2.24, 2.45) is 7.05 Å². The van der Waals surface area contributed by atoms with Gasteiger partial charge in [-0.3, -0.25) is 5.32 Å². The Kier molecular flexibility index (Phi) is 3.92. The van der Waals surface area contributed by atoms with Crippen LogP contribution in [0, 0.1) is 0 Å². The smallest absolute Gasteiger partial charge is 0.417 e. The summed E-state index contributed by atoms with van der Waals surface area (Å²) in [5, 5.41) is 10.9. The van der Waals surface area contributed by atoms with Crippen LogP contribution in [0.5, 0.6) is 0 Å². The summed E-state index contributed by atoms with van der Waals surface area (Å²) in [6.45, 7) is 0.186. The first kappa shape index (κ1) is 14.8. The van der Waals surface area contributed by atoms with Crippen molar-refractivity contribution in [3.63, 3.8) is 0 Å². The minimum absolute atomic E-state index is 0.205. The molecule has 0 aliphatic rings. The average Bonchev–Trinajstić information content (AvgIpc) is 2.54. The summed E-state index contributed by atoms with van der Waals surface area (Å²) < 4.78 is 39.4. The first-order valence-corrected chi connectivity index (χ1v) is 5.18. The molecule has 0 radical (unpaired) electrons. The van der Waals surface area contributed by atoms with Crippen LogP contribution in [-0.2, 0) is 18.4 Å². The minimum Gasteiger partial charge on any atom is -0.480 e. The van der Waals surface area contributed by atoms with Crippen molar-refractivity contribution in [2.45, 2.75) is 25.2 Å². The zero-order valence-electron chi connectivity index (χ0n) is 9.55. The van der Waals surface area contributed by atoms with E-state index in [1.807, 2.05) is 5.32 Å². The average molecular weight is 286 g/mol. The van der Waals surface area contributed by atoms with Crippen molar-refractivity contribution < 1.29 is 23.1 Å². The van der Waals surface area contributed by atoms with Crippen LogP contribution in [0.2, 0.25) is 5.15 Å². The number of hydrogen-bond donors (Lipinski definition) is 2. The van der Waals surface area contributed by atoms with E-state index in [2.05, 4.69) is 4.98 Å². The fourth-order valence-electron chi connectivity index (χ4n) is 1.14. The fraction of sp³-hybridized carbons (Fsp3) is 0.556. The lowest BCUT2D eigenvalue weighted by Crippen LogP contribution is -2.59. The topological polar surface area (TPSA) is 67.2 Å². The van der Waals surface area contributed by atoms with Gasteiger partial charge in [-0.15, -0.1) is 0 Å². The first-order chi connectivity index (χ1) is 8.09. The number of carbonyl (C=O) groups is 1. The van der Waals surface area contributed by atoms with Gasteiger partial charge in [0.05, 0.1) is 12.7 Å². The van der Waals surface area contributed by atoms with Gasteiger partial charge in [0.15, 0.2) is 0 Å². The van der Waals surface area contributed by atoms with Gasteiger partial charge in [-0.25, -0.2) is 9.78 Å². The van der Waals surface area contributed by atoms with Gasteiger partial charge in [-0.1, -0.05) is 11.6 Å². The van der Waals surface area contributed by atoms with E-state index in [4.69, 9.17) is 16.7 Å². The Morgan fingerprint density at radius 2 is 2.17 bits per heavy atom. The maximum atomic E-state index is 12.7. The van der Waals surface area contributed by atoms with Gasteiger partial charge in [0.1, 0.15) is 11.0 Å². The monoisotopic (exact) mass is 285 g/mol. The van der Waals surface area contributed by atoms with Gasteiger partial charge in [0, 0.05) is 7.05 Å². The number of alkyl halides is 3. The van der Waals surface area contributed by atoms with E-state index in [0.717, 1.165) is 0 Å². The number of halogens is 4. The van der Waals surface area contributed by atoms with Crippen LogP contribution in [0.25, 0.3) is 0 Å². The Labute approximate surface area is 106 Å². The Bertz CT molecular complexity index is 460. The van der Waals surface area contributed by atoms with Crippen LogP contribution < -0.4 is 5.32 Å². The van der Waals surface area contributed by atoms with Crippen molar-refractivity contribution in [1.29, 1.82) is 0 Å². The van der Waals surface area contributed by atoms with E-state index in [9.17, 15) is 18.0 Å². The highest BCUT2D eigenvalue weighted by Gasteiger charge is 2.57. The second kappa shape index (κ2) is 4.77. The largest absolute Gasteiger partial charge is 0.480 e. The predicted molar refractivity (Wildman–Crippen MR) is 57.2 cm³/mol. The molecule has 1 aromatic rings. The number of aromatic nitrogens is 2. The minimum atomic E-state index is -4.92. The van der Waals surface area contributed by atoms with Gasteiger partial charge in [0.2, 0.25) is 5.54 Å². The highest BCUT2D eigenvalue weighted by atomic mass is 35.5. The molecule has 2 N–H and O–H groups in total. The zero-order chi connectivity index (χ0) is 14.1. The number of carboxylic acid groups (broad SMARTS) is 1. The summed E-state index contributed by atoms with van der Waals surface area (Å²) >= 11 is 5.67. The molecule has 0 fully saturated rings. The van der Waals surface area contributed by atoms with E-state index in [1.54, 1.807) is 0 Å². The number of hydrogen-bond acceptors (Lipinski definition) is 3. The van der Waals surface area contributed by atoms with Crippen LogP contribution in [0.3, 0.4) is 0 Å². The van der Waals surface area contributed by atoms with Crippen LogP contribution in [0.4, 0.5) is 13.2 Å². The van der Waals surface area contributed by atoms with Crippen LogP contribution in [0.15, 0.2) is 6.20 Å². The lowest BCUT2D eigenvalue weighted by Gasteiger charge is -2.28. The van der Waals surface area contributed by atoms with Gasteiger partial charge in [-0.2, -0.15) is 13.2 Å². The third-order valence-electron chi connectivity index (χ3n) is 2.62. The molecule has 0 amide bonds. The summed E-state index contributed by atoms with van der Waals surface area (Å²) in [4.78, 5) is 14.5. The molecule has 102 valence electrons. The molecular formula is C9H11ClF3N3O2. The van der Waals surface area contributed by atoms with Crippen LogP contribution in [-0.4, -0.2) is 32.3 Å². The molecule has 5 nitrogen and oxygen atoms in total. The molecule has 0 aliphatic heterocycles. The summed E-state index contributed by atoms with van der Waals surface area (Å²) in [6, 6.07) is 0. The van der Waals surface area contributed by atoms with Crippen LogP contribution in [0.1, 0.15) is 12.7 Å². The summed E-state index contributed by atoms with van der Waals surface area (Å²) in [6.07, 6.45) is -3.65. The lowest BCUT2D eigenvalue weighted by molar-refractivity contribution is -0.206. The Morgan fingerprint density at radius 3 is 2.50 bits per heavy atom. The van der Waals surface area contributed by atoms with E-state index >= 15 is 0 Å². The van der Waals surface area contributed by atoms with Crippen molar-refractivity contribution in [1.82, 2.24) is 14.9 Å². The molecule has 0 spiro atoms. The molecular weight excluding hydrogens is 275 g/mol. The quantitative estimate of drug-likeness (QED) is 0.881. The van der Waals surface area contributed by atoms with E-state index in [0.29, 0.717) is 6.92 Å². The molecule has 1 aromatic heterocycles. The first-order valence-electron chi connectivity index (χ1n) is 4.81. The van der Waals surface area contributed by atoms with Crippen LogP contribution >= 0.6 is 11.6 Å². The predicted octanol–water partition coefficient (Wildman–Crippen LogP) is 1.57. The van der Waals surface area contributed by atoms with Gasteiger partial charge in [-0.05, 0) is 6.92 Å². The zero-order valence-corrected chi connectivity index (χ0v) is 10.3. The van der Waals surface area contributed by atoms with Gasteiger partial charge >= 0.3 is 12.1 Å². The summed E-state index contributed by atoms with van der Waals surface area (Å²) in [5.74, 6) is -1.80. The number of carboxylic acids is 1. The maximum Gasteiger partial charge on any atom is 0.417 e. The SMILES string of the molecule is Cn1c(Cl)cnc1CNC(C)(C(=O)O)C(F)(F)F. The second-order valence-corrected chi connectivity index (χ2v) is 4.22.